The van der Waals surface area contributed by atoms with Gasteiger partial charge in [0.2, 0.25) is 0 Å². The van der Waals surface area contributed by atoms with Gasteiger partial charge >= 0.3 is 0 Å². The first-order valence-electron chi connectivity index (χ1n) is 11.4. The summed E-state index contributed by atoms with van der Waals surface area (Å²) >= 11 is 11.4. The predicted octanol–water partition coefficient (Wildman–Crippen LogP) is 5.51. The Morgan fingerprint density at radius 2 is 1.78 bits per heavy atom. The maximum Gasteiger partial charge on any atom is 0.270 e. The van der Waals surface area contributed by atoms with Crippen LogP contribution in [0.3, 0.4) is 0 Å². The highest BCUT2D eigenvalue weighted by atomic mass is 35.5. The molecule has 3 aromatic carbocycles. The summed E-state index contributed by atoms with van der Waals surface area (Å²) in [6.45, 7) is 2.94. The summed E-state index contributed by atoms with van der Waals surface area (Å²) in [5, 5.41) is 4.32. The van der Waals surface area contributed by atoms with Gasteiger partial charge in [-0.25, -0.2) is 0 Å². The molecule has 1 saturated heterocycles. The molecule has 1 fully saturated rings. The van der Waals surface area contributed by atoms with E-state index < -0.39 is 11.8 Å². The summed E-state index contributed by atoms with van der Waals surface area (Å²) in [6.07, 6.45) is 3.55. The molecule has 6 nitrogen and oxygen atoms in total. The highest BCUT2D eigenvalue weighted by Crippen LogP contribution is 2.27. The van der Waals surface area contributed by atoms with Crippen LogP contribution in [-0.2, 0) is 16.1 Å². The lowest BCUT2D eigenvalue weighted by Gasteiger charge is -2.28. The lowest BCUT2D eigenvalue weighted by Crippen LogP contribution is -2.54. The molecule has 0 aliphatic carbocycles. The van der Waals surface area contributed by atoms with Gasteiger partial charge in [-0.3, -0.25) is 19.8 Å². The minimum atomic E-state index is -0.518. The van der Waals surface area contributed by atoms with E-state index in [0.717, 1.165) is 27.8 Å². The molecule has 1 aliphatic rings. The molecule has 0 atom stereocenters. The highest BCUT2D eigenvalue weighted by molar-refractivity contribution is 7.80. The number of thiocarbonyl (C=S) groups is 1. The molecule has 0 unspecified atom stereocenters. The number of anilines is 1. The van der Waals surface area contributed by atoms with Crippen LogP contribution in [0.1, 0.15) is 11.1 Å². The molecule has 2 amide bonds. The number of benzene rings is 3. The van der Waals surface area contributed by atoms with Crippen LogP contribution in [0, 0.1) is 6.92 Å². The number of fused-ring (bicyclic) bond motifs is 1. The zero-order chi connectivity index (χ0) is 25.2. The van der Waals surface area contributed by atoms with Crippen molar-refractivity contribution in [1.82, 2.24) is 9.88 Å². The Morgan fingerprint density at radius 1 is 1.03 bits per heavy atom. The molecule has 1 N–H and O–H groups in total. The molecule has 2 heterocycles. The van der Waals surface area contributed by atoms with Gasteiger partial charge in [0.05, 0.1) is 12.2 Å². The molecular weight excluding hydrogens is 494 g/mol. The number of carbonyl (C=O) groups is 2. The van der Waals surface area contributed by atoms with Gasteiger partial charge in [-0.05, 0) is 67.2 Å². The Hall–Kier alpha value is -3.94. The third-order valence-corrected chi connectivity index (χ3v) is 6.67. The molecule has 0 saturated carbocycles. The fraction of sp³-hybridized carbons (Fsp3) is 0.107. The van der Waals surface area contributed by atoms with Crippen LogP contribution in [0.5, 0.6) is 5.75 Å². The van der Waals surface area contributed by atoms with E-state index in [0.29, 0.717) is 23.9 Å². The number of halogens is 1. The maximum atomic E-state index is 13.3. The van der Waals surface area contributed by atoms with Crippen LogP contribution in [0.2, 0.25) is 5.02 Å². The van der Waals surface area contributed by atoms with Gasteiger partial charge in [0.15, 0.2) is 5.11 Å². The number of aryl methyl sites for hydroxylation is 1. The lowest BCUT2D eigenvalue weighted by atomic mass is 10.1. The number of nitrogens with zero attached hydrogens (tertiary/aromatic N) is 2. The van der Waals surface area contributed by atoms with Crippen LogP contribution in [0.15, 0.2) is 84.6 Å². The number of nitrogens with one attached hydrogen (secondary N) is 1. The first-order valence-corrected chi connectivity index (χ1v) is 12.1. The minimum Gasteiger partial charge on any atom is -0.492 e. The fourth-order valence-corrected chi connectivity index (χ4v) is 4.57. The van der Waals surface area contributed by atoms with Crippen molar-refractivity contribution in [1.29, 1.82) is 0 Å². The average molecular weight is 516 g/mol. The van der Waals surface area contributed by atoms with Crippen molar-refractivity contribution < 1.29 is 14.3 Å². The molecule has 5 rings (SSSR count). The van der Waals surface area contributed by atoms with Crippen molar-refractivity contribution in [2.24, 2.45) is 0 Å². The van der Waals surface area contributed by atoms with Crippen LogP contribution in [0.25, 0.3) is 17.0 Å². The summed E-state index contributed by atoms with van der Waals surface area (Å²) in [6, 6.07) is 22.4. The molecule has 0 bridgehead atoms. The third kappa shape index (κ3) is 4.63. The Morgan fingerprint density at radius 3 is 2.56 bits per heavy atom. The summed E-state index contributed by atoms with van der Waals surface area (Å²) in [5.41, 5.74) is 3.29. The molecule has 36 heavy (non-hydrogen) atoms. The summed E-state index contributed by atoms with van der Waals surface area (Å²) in [7, 11) is 0. The van der Waals surface area contributed by atoms with E-state index >= 15 is 0 Å². The van der Waals surface area contributed by atoms with Crippen molar-refractivity contribution in [3.63, 3.8) is 0 Å². The Bertz CT molecular complexity index is 1530. The smallest absolute Gasteiger partial charge is 0.270 e. The van der Waals surface area contributed by atoms with E-state index in [1.54, 1.807) is 18.2 Å². The Balaban J connectivity index is 1.44. The van der Waals surface area contributed by atoms with E-state index in [9.17, 15) is 9.59 Å². The fourth-order valence-electron chi connectivity index (χ4n) is 4.17. The number of ether oxygens (including phenoxy) is 1. The SMILES string of the molecule is Cc1cc(OCCn2cc(/C=C3/C(=O)NC(=S)N(c4ccccc4)C3=O)c3ccccc32)ccc1Cl. The number of amides is 2. The van der Waals surface area contributed by atoms with E-state index in [-0.39, 0.29) is 10.7 Å². The number of rotatable bonds is 6. The van der Waals surface area contributed by atoms with Crippen LogP contribution < -0.4 is 15.0 Å². The molecule has 8 heteroatoms. The quantitative estimate of drug-likeness (QED) is 0.209. The van der Waals surface area contributed by atoms with Crippen LogP contribution >= 0.6 is 23.8 Å². The third-order valence-electron chi connectivity index (χ3n) is 5.97. The van der Waals surface area contributed by atoms with Crippen molar-refractivity contribution in [2.45, 2.75) is 13.5 Å². The van der Waals surface area contributed by atoms with Crippen LogP contribution in [-0.4, -0.2) is 28.1 Å². The van der Waals surface area contributed by atoms with Crippen molar-refractivity contribution in [2.75, 3.05) is 11.5 Å². The number of carbonyl (C=O) groups excluding carboxylic acids is 2. The first-order chi connectivity index (χ1) is 17.4. The van der Waals surface area contributed by atoms with Gasteiger partial charge in [-0.2, -0.15) is 0 Å². The van der Waals surface area contributed by atoms with Gasteiger partial charge < -0.3 is 9.30 Å². The zero-order valence-corrected chi connectivity index (χ0v) is 21.0. The van der Waals surface area contributed by atoms with Gasteiger partial charge in [-0.15, -0.1) is 0 Å². The largest absolute Gasteiger partial charge is 0.492 e. The zero-order valence-electron chi connectivity index (χ0n) is 19.4. The van der Waals surface area contributed by atoms with Crippen LogP contribution in [0.4, 0.5) is 5.69 Å². The normalized spacial score (nSPS) is 15.0. The number of hydrogen-bond donors (Lipinski definition) is 1. The van der Waals surface area contributed by atoms with Crippen molar-refractivity contribution in [3.05, 3.63) is 101 Å². The molecule has 1 aliphatic heterocycles. The van der Waals surface area contributed by atoms with E-state index in [4.69, 9.17) is 28.6 Å². The lowest BCUT2D eigenvalue weighted by molar-refractivity contribution is -0.122. The molecule has 0 radical (unpaired) electrons. The minimum absolute atomic E-state index is 0.0169. The second-order valence-corrected chi connectivity index (χ2v) is 9.14. The van der Waals surface area contributed by atoms with E-state index in [1.807, 2.05) is 73.8 Å². The monoisotopic (exact) mass is 515 g/mol. The summed E-state index contributed by atoms with van der Waals surface area (Å²) < 4.78 is 7.98. The number of hydrogen-bond acceptors (Lipinski definition) is 4. The highest BCUT2D eigenvalue weighted by Gasteiger charge is 2.34. The number of para-hydroxylation sites is 2. The molecule has 1 aromatic heterocycles. The standard InChI is InChI=1S/C28H22ClN3O3S/c1-18-15-21(11-12-24(18)29)35-14-13-31-17-19(22-9-5-6-10-25(22)31)16-23-26(33)30-28(36)32(27(23)34)20-7-3-2-4-8-20/h2-12,15-17H,13-14H2,1H3,(H,30,33,36)/b23-16-. The first kappa shape index (κ1) is 23.8. The molecule has 4 aromatic rings. The molecule has 0 spiro atoms. The van der Waals surface area contributed by atoms with E-state index in [2.05, 4.69) is 9.88 Å². The topological polar surface area (TPSA) is 63.6 Å². The van der Waals surface area contributed by atoms with E-state index in [1.165, 1.54) is 4.90 Å². The average Bonchev–Trinajstić information content (AvgIpc) is 3.22. The van der Waals surface area contributed by atoms with Gasteiger partial charge in [0.1, 0.15) is 17.9 Å². The summed E-state index contributed by atoms with van der Waals surface area (Å²) in [5.74, 6) is -0.235. The van der Waals surface area contributed by atoms with Gasteiger partial charge in [-0.1, -0.05) is 48.0 Å². The van der Waals surface area contributed by atoms with Gasteiger partial charge in [0.25, 0.3) is 11.8 Å². The Labute approximate surface area is 218 Å². The second-order valence-electron chi connectivity index (χ2n) is 8.35. The van der Waals surface area contributed by atoms with Gasteiger partial charge in [0, 0.05) is 27.7 Å². The second kappa shape index (κ2) is 9.97. The molecule has 180 valence electrons. The van der Waals surface area contributed by atoms with Crippen molar-refractivity contribution in [3.8, 4) is 5.75 Å². The molecular formula is C28H22ClN3O3S. The van der Waals surface area contributed by atoms with Crippen molar-refractivity contribution >= 4 is 63.4 Å². The number of aromatic nitrogens is 1. The summed E-state index contributed by atoms with van der Waals surface area (Å²) in [4.78, 5) is 27.5. The Kier molecular flexibility index (Phi) is 6.59. The maximum absolute atomic E-state index is 13.3. The predicted molar refractivity (Wildman–Crippen MR) is 146 cm³/mol.